The molecule has 5 nitrogen and oxygen atoms in total. The lowest BCUT2D eigenvalue weighted by molar-refractivity contribution is 1.10. The molecular weight excluding hydrogens is 863 g/mol. The number of nitrogens with zero attached hydrogens (tertiary/aromatic N) is 5. The molecule has 0 fully saturated rings. The zero-order valence-electron chi connectivity index (χ0n) is 38.6. The molecule has 0 unspecified atom stereocenters. The predicted molar refractivity (Wildman–Crippen MR) is 293 cm³/mol. The van der Waals surface area contributed by atoms with Gasteiger partial charge in [-0.25, -0.2) is 19.9 Å². The van der Waals surface area contributed by atoms with Crippen LogP contribution in [0.15, 0.2) is 261 Å². The Bertz CT molecular complexity index is 3920. The van der Waals surface area contributed by atoms with Crippen molar-refractivity contribution >= 4 is 32.7 Å². The minimum Gasteiger partial charge on any atom is -0.292 e. The number of benzene rings is 10. The minimum absolute atomic E-state index is 0.671. The van der Waals surface area contributed by atoms with Gasteiger partial charge in [-0.2, -0.15) is 0 Å². The van der Waals surface area contributed by atoms with Crippen molar-refractivity contribution in [2.24, 2.45) is 0 Å². The normalized spacial score (nSPS) is 11.4. The lowest BCUT2D eigenvalue weighted by Crippen LogP contribution is -1.97. The Balaban J connectivity index is 0.873. The van der Waals surface area contributed by atoms with Crippen molar-refractivity contribution in [3.05, 3.63) is 261 Å². The Labute approximate surface area is 411 Å². The molecule has 0 aliphatic heterocycles. The van der Waals surface area contributed by atoms with Gasteiger partial charge in [0.05, 0.1) is 33.6 Å². The molecule has 0 saturated carbocycles. The maximum Gasteiger partial charge on any atom is 0.160 e. The highest BCUT2D eigenvalue weighted by molar-refractivity contribution is 6.20. The van der Waals surface area contributed by atoms with Crippen LogP contribution in [0.1, 0.15) is 0 Å². The molecule has 0 bridgehead atoms. The van der Waals surface area contributed by atoms with Gasteiger partial charge in [0.25, 0.3) is 0 Å². The number of para-hydroxylation sites is 2. The topological polar surface area (TPSA) is 56.5 Å². The van der Waals surface area contributed by atoms with Crippen molar-refractivity contribution in [3.8, 4) is 95.6 Å². The van der Waals surface area contributed by atoms with Crippen LogP contribution in [0.3, 0.4) is 0 Å². The van der Waals surface area contributed by atoms with E-state index in [1.165, 1.54) is 11.1 Å². The van der Waals surface area contributed by atoms with E-state index in [1.807, 2.05) is 18.2 Å². The number of hydrogen-bond donors (Lipinski definition) is 0. The van der Waals surface area contributed by atoms with Gasteiger partial charge >= 0.3 is 0 Å². The SMILES string of the molecule is c1ccc(-c2ccc(-c3cc(-c4ccc(-c5ccccc5)cc4)nc(-c4ccc(-c5ccc(-c6nc7ccccc7c7ccc8c(nc(-c9ccccc9)n8-c8ccccc8)c67)cc5)cc4)n3)cc2)cc1. The van der Waals surface area contributed by atoms with Crippen molar-refractivity contribution < 1.29 is 0 Å². The standard InChI is InChI=1S/C66H43N5/c1-5-15-44(16-6-1)46-25-33-50(34-26-46)59-43-60(51-35-27-47(28-36-51)45-17-7-2-8-18-45)69-65(68-59)53-39-31-49(32-40-53)48-29-37-52(38-30-48)63-62-57(56-23-13-14-24-58(56)67-63)41-42-61-64(62)70-66(54-19-9-3-10-20-54)71(61)55-21-11-4-12-22-55/h1-43H. The van der Waals surface area contributed by atoms with E-state index in [-0.39, 0.29) is 0 Å². The van der Waals surface area contributed by atoms with Gasteiger partial charge in [-0.05, 0) is 69.1 Å². The molecule has 0 amide bonds. The second kappa shape index (κ2) is 17.8. The highest BCUT2D eigenvalue weighted by Crippen LogP contribution is 2.40. The monoisotopic (exact) mass is 905 g/mol. The van der Waals surface area contributed by atoms with Crippen LogP contribution in [0.25, 0.3) is 128 Å². The van der Waals surface area contributed by atoms with Crippen LogP contribution in [0.4, 0.5) is 0 Å². The van der Waals surface area contributed by atoms with Crippen molar-refractivity contribution in [2.75, 3.05) is 0 Å². The maximum absolute atomic E-state index is 5.47. The van der Waals surface area contributed by atoms with Crippen molar-refractivity contribution in [3.63, 3.8) is 0 Å². The van der Waals surface area contributed by atoms with E-state index in [2.05, 4.69) is 247 Å². The van der Waals surface area contributed by atoms with Gasteiger partial charge in [-0.15, -0.1) is 0 Å². The lowest BCUT2D eigenvalue weighted by Gasteiger charge is -2.13. The average molecular weight is 906 g/mol. The molecule has 13 rings (SSSR count). The van der Waals surface area contributed by atoms with Crippen LogP contribution in [0.5, 0.6) is 0 Å². The fourth-order valence-corrected chi connectivity index (χ4v) is 9.84. The van der Waals surface area contributed by atoms with E-state index in [4.69, 9.17) is 19.9 Å². The minimum atomic E-state index is 0.671. The number of imidazole rings is 1. The van der Waals surface area contributed by atoms with Gasteiger partial charge in [0.15, 0.2) is 5.82 Å². The number of fused-ring (bicyclic) bond motifs is 5. The third-order valence-electron chi connectivity index (χ3n) is 13.5. The molecule has 0 saturated heterocycles. The first-order valence-electron chi connectivity index (χ1n) is 24.0. The molecule has 3 heterocycles. The molecule has 0 N–H and O–H groups in total. The molecule has 0 radical (unpaired) electrons. The zero-order chi connectivity index (χ0) is 47.1. The molecule has 0 atom stereocenters. The van der Waals surface area contributed by atoms with E-state index >= 15 is 0 Å². The summed E-state index contributed by atoms with van der Waals surface area (Å²) in [5, 5.41) is 3.26. The highest BCUT2D eigenvalue weighted by Gasteiger charge is 2.21. The zero-order valence-corrected chi connectivity index (χ0v) is 38.6. The highest BCUT2D eigenvalue weighted by atomic mass is 15.1. The molecule has 332 valence electrons. The van der Waals surface area contributed by atoms with E-state index in [0.29, 0.717) is 5.82 Å². The van der Waals surface area contributed by atoms with Gasteiger partial charge in [0.2, 0.25) is 0 Å². The van der Waals surface area contributed by atoms with E-state index in [9.17, 15) is 0 Å². The van der Waals surface area contributed by atoms with Crippen LogP contribution in [0.2, 0.25) is 0 Å². The summed E-state index contributed by atoms with van der Waals surface area (Å²) in [5.74, 6) is 1.56. The van der Waals surface area contributed by atoms with Crippen LogP contribution in [0, 0.1) is 0 Å². The Kier molecular flexibility index (Phi) is 10.4. The second-order valence-electron chi connectivity index (χ2n) is 17.8. The van der Waals surface area contributed by atoms with Crippen LogP contribution in [-0.2, 0) is 0 Å². The van der Waals surface area contributed by atoms with E-state index < -0.39 is 0 Å². The van der Waals surface area contributed by atoms with Crippen LogP contribution in [-0.4, -0.2) is 24.5 Å². The number of aromatic nitrogens is 5. The summed E-state index contributed by atoms with van der Waals surface area (Å²) in [6.07, 6.45) is 0. The van der Waals surface area contributed by atoms with E-state index in [1.54, 1.807) is 0 Å². The summed E-state index contributed by atoms with van der Waals surface area (Å²) in [5.41, 5.74) is 18.5. The van der Waals surface area contributed by atoms with Gasteiger partial charge in [-0.3, -0.25) is 4.57 Å². The summed E-state index contributed by atoms with van der Waals surface area (Å²) < 4.78 is 2.27. The number of hydrogen-bond acceptors (Lipinski definition) is 4. The Hall–Kier alpha value is -9.58. The van der Waals surface area contributed by atoms with Crippen molar-refractivity contribution in [1.29, 1.82) is 0 Å². The largest absolute Gasteiger partial charge is 0.292 e. The first kappa shape index (κ1) is 41.6. The lowest BCUT2D eigenvalue weighted by atomic mass is 9.96. The molecule has 10 aromatic carbocycles. The third kappa shape index (κ3) is 7.82. The molecule has 0 aliphatic rings. The van der Waals surface area contributed by atoms with Gasteiger partial charge < -0.3 is 0 Å². The third-order valence-corrected chi connectivity index (χ3v) is 13.5. The summed E-state index contributed by atoms with van der Waals surface area (Å²) in [6.45, 7) is 0. The Morgan fingerprint density at radius 3 is 1.24 bits per heavy atom. The summed E-state index contributed by atoms with van der Waals surface area (Å²) in [6, 6.07) is 91.4. The summed E-state index contributed by atoms with van der Waals surface area (Å²) in [7, 11) is 0. The Morgan fingerprint density at radius 2 is 0.704 bits per heavy atom. The molecule has 5 heteroatoms. The number of pyridine rings is 1. The van der Waals surface area contributed by atoms with Crippen LogP contribution >= 0.6 is 0 Å². The van der Waals surface area contributed by atoms with E-state index in [0.717, 1.165) is 111 Å². The fourth-order valence-electron chi connectivity index (χ4n) is 9.84. The quantitative estimate of drug-likeness (QED) is 0.135. The number of rotatable bonds is 9. The molecule has 0 aliphatic carbocycles. The average Bonchev–Trinajstić information content (AvgIpc) is 3.86. The molecular formula is C66H43N5. The Morgan fingerprint density at radius 1 is 0.282 bits per heavy atom. The maximum atomic E-state index is 5.47. The first-order chi connectivity index (χ1) is 35.2. The second-order valence-corrected chi connectivity index (χ2v) is 17.8. The molecule has 13 aromatic rings. The molecule has 71 heavy (non-hydrogen) atoms. The first-order valence-corrected chi connectivity index (χ1v) is 24.0. The smallest absolute Gasteiger partial charge is 0.160 e. The molecule has 0 spiro atoms. The summed E-state index contributed by atoms with van der Waals surface area (Å²) in [4.78, 5) is 21.3. The van der Waals surface area contributed by atoms with Crippen LogP contribution < -0.4 is 0 Å². The predicted octanol–water partition coefficient (Wildman–Crippen LogP) is 16.9. The van der Waals surface area contributed by atoms with Crippen molar-refractivity contribution in [2.45, 2.75) is 0 Å². The van der Waals surface area contributed by atoms with Gasteiger partial charge in [0.1, 0.15) is 5.82 Å². The van der Waals surface area contributed by atoms with Gasteiger partial charge in [-0.1, -0.05) is 231 Å². The fraction of sp³-hybridized carbons (Fsp3) is 0. The van der Waals surface area contributed by atoms with Crippen molar-refractivity contribution in [1.82, 2.24) is 24.5 Å². The molecule has 3 aromatic heterocycles. The van der Waals surface area contributed by atoms with Gasteiger partial charge in [0, 0.05) is 44.3 Å². The summed E-state index contributed by atoms with van der Waals surface area (Å²) >= 11 is 0.